The van der Waals surface area contributed by atoms with E-state index in [-0.39, 0.29) is 11.4 Å². The third-order valence-electron chi connectivity index (χ3n) is 2.33. The third-order valence-corrected chi connectivity index (χ3v) is 3.64. The van der Waals surface area contributed by atoms with Crippen molar-refractivity contribution in [2.24, 2.45) is 0 Å². The van der Waals surface area contributed by atoms with Crippen LogP contribution in [0.4, 0.5) is 4.39 Å². The first kappa shape index (κ1) is 14.5. The van der Waals surface area contributed by atoms with E-state index in [0.717, 1.165) is 22.6 Å². The van der Waals surface area contributed by atoms with Gasteiger partial charge in [-0.15, -0.1) is 11.8 Å². The van der Waals surface area contributed by atoms with Crippen LogP contribution in [0.3, 0.4) is 0 Å². The normalized spacial score (nSPS) is 11.8. The smallest absolute Gasteiger partial charge is 0.128 e. The molecule has 1 aromatic carbocycles. The van der Waals surface area contributed by atoms with Crippen molar-refractivity contribution in [1.29, 1.82) is 0 Å². The summed E-state index contributed by atoms with van der Waals surface area (Å²) in [7, 11) is 0. The molecule has 0 aliphatic carbocycles. The molecule has 1 aromatic rings. The molecule has 1 N–H and O–H groups in total. The van der Waals surface area contributed by atoms with Crippen LogP contribution in [0, 0.1) is 5.82 Å². The summed E-state index contributed by atoms with van der Waals surface area (Å²) in [6.45, 7) is 8.99. The lowest BCUT2D eigenvalue weighted by molar-refractivity contribution is 0.416. The fourth-order valence-corrected chi connectivity index (χ4v) is 2.35. The lowest BCUT2D eigenvalue weighted by Gasteiger charge is -2.21. The molecule has 96 valence electrons. The quantitative estimate of drug-likeness (QED) is 0.791. The van der Waals surface area contributed by atoms with Crippen LogP contribution in [0.1, 0.15) is 39.7 Å². The van der Waals surface area contributed by atoms with Crippen LogP contribution in [-0.4, -0.2) is 11.3 Å². The van der Waals surface area contributed by atoms with E-state index in [2.05, 4.69) is 33.0 Å². The van der Waals surface area contributed by atoms with Crippen molar-refractivity contribution in [1.82, 2.24) is 5.32 Å². The molecule has 0 unspecified atom stereocenters. The Morgan fingerprint density at radius 2 is 2.00 bits per heavy atom. The molecule has 17 heavy (non-hydrogen) atoms. The predicted octanol–water partition coefficient (Wildman–Crippen LogP) is 4.22. The number of rotatable bonds is 5. The van der Waals surface area contributed by atoms with Crippen molar-refractivity contribution in [3.63, 3.8) is 0 Å². The highest BCUT2D eigenvalue weighted by Gasteiger charge is 2.13. The summed E-state index contributed by atoms with van der Waals surface area (Å²) in [6.07, 6.45) is 1.10. The highest BCUT2D eigenvalue weighted by Crippen LogP contribution is 2.25. The van der Waals surface area contributed by atoms with Gasteiger partial charge in [-0.25, -0.2) is 4.39 Å². The largest absolute Gasteiger partial charge is 0.308 e. The van der Waals surface area contributed by atoms with Crippen molar-refractivity contribution >= 4 is 11.8 Å². The Kier molecular flexibility index (Phi) is 5.47. The highest BCUT2D eigenvalue weighted by molar-refractivity contribution is 7.99. The SMILES string of the molecule is CCCSc1cccc(F)c1CNC(C)(C)C. The van der Waals surface area contributed by atoms with Gasteiger partial charge in [-0.05, 0) is 45.1 Å². The minimum atomic E-state index is -0.108. The number of hydrogen-bond donors (Lipinski definition) is 1. The molecule has 0 saturated carbocycles. The molecule has 0 bridgehead atoms. The summed E-state index contributed by atoms with van der Waals surface area (Å²) in [5, 5.41) is 3.34. The topological polar surface area (TPSA) is 12.0 Å². The Morgan fingerprint density at radius 3 is 2.59 bits per heavy atom. The van der Waals surface area contributed by atoms with Gasteiger partial charge in [-0.2, -0.15) is 0 Å². The maximum atomic E-state index is 13.8. The second kappa shape index (κ2) is 6.41. The predicted molar refractivity (Wildman–Crippen MR) is 74.0 cm³/mol. The van der Waals surface area contributed by atoms with Gasteiger partial charge in [0.15, 0.2) is 0 Å². The summed E-state index contributed by atoms with van der Waals surface area (Å²) >= 11 is 1.73. The van der Waals surface area contributed by atoms with Crippen LogP contribution < -0.4 is 5.32 Å². The fourth-order valence-electron chi connectivity index (χ4n) is 1.41. The maximum absolute atomic E-state index is 13.8. The highest BCUT2D eigenvalue weighted by atomic mass is 32.2. The molecule has 0 heterocycles. The van der Waals surface area contributed by atoms with Gasteiger partial charge in [0.1, 0.15) is 5.82 Å². The molecule has 1 nitrogen and oxygen atoms in total. The van der Waals surface area contributed by atoms with Gasteiger partial charge in [-0.3, -0.25) is 0 Å². The van der Waals surface area contributed by atoms with E-state index < -0.39 is 0 Å². The van der Waals surface area contributed by atoms with Gasteiger partial charge in [0.05, 0.1) is 0 Å². The minimum absolute atomic E-state index is 0.00890. The van der Waals surface area contributed by atoms with Crippen LogP contribution >= 0.6 is 11.8 Å². The van der Waals surface area contributed by atoms with E-state index in [1.165, 1.54) is 6.07 Å². The van der Waals surface area contributed by atoms with Gasteiger partial charge < -0.3 is 5.32 Å². The molecular weight excluding hydrogens is 233 g/mol. The number of thioether (sulfide) groups is 1. The number of nitrogens with one attached hydrogen (secondary N) is 1. The third kappa shape index (κ3) is 5.09. The second-order valence-corrected chi connectivity index (χ2v) is 6.31. The van der Waals surface area contributed by atoms with Crippen LogP contribution in [0.2, 0.25) is 0 Å². The van der Waals surface area contributed by atoms with Crippen molar-refractivity contribution in [3.05, 3.63) is 29.6 Å². The van der Waals surface area contributed by atoms with E-state index in [1.54, 1.807) is 17.8 Å². The summed E-state index contributed by atoms with van der Waals surface area (Å²) in [6, 6.07) is 5.33. The molecule has 0 atom stereocenters. The van der Waals surface area contributed by atoms with E-state index >= 15 is 0 Å². The van der Waals surface area contributed by atoms with Crippen LogP contribution in [0.5, 0.6) is 0 Å². The Morgan fingerprint density at radius 1 is 1.29 bits per heavy atom. The Bertz CT molecular complexity index is 358. The van der Waals surface area contributed by atoms with Crippen LogP contribution in [-0.2, 0) is 6.54 Å². The van der Waals surface area contributed by atoms with Gasteiger partial charge in [0.2, 0.25) is 0 Å². The molecule has 0 spiro atoms. The second-order valence-electron chi connectivity index (χ2n) is 5.17. The van der Waals surface area contributed by atoms with Crippen molar-refractivity contribution in [2.45, 2.75) is 51.1 Å². The Balaban J connectivity index is 2.80. The fraction of sp³-hybridized carbons (Fsp3) is 0.571. The molecule has 0 radical (unpaired) electrons. The monoisotopic (exact) mass is 255 g/mol. The molecule has 1 rings (SSSR count). The number of benzene rings is 1. The maximum Gasteiger partial charge on any atom is 0.128 e. The van der Waals surface area contributed by atoms with Gasteiger partial charge in [-0.1, -0.05) is 13.0 Å². The first-order valence-corrected chi connectivity index (χ1v) is 7.08. The molecule has 0 saturated heterocycles. The zero-order chi connectivity index (χ0) is 12.9. The lowest BCUT2D eigenvalue weighted by atomic mass is 10.1. The lowest BCUT2D eigenvalue weighted by Crippen LogP contribution is -2.35. The van der Waals surface area contributed by atoms with E-state index in [0.29, 0.717) is 6.54 Å². The molecule has 0 fully saturated rings. The molecule has 3 heteroatoms. The van der Waals surface area contributed by atoms with Crippen LogP contribution in [0.25, 0.3) is 0 Å². The number of hydrogen-bond acceptors (Lipinski definition) is 2. The average Bonchev–Trinajstić information content (AvgIpc) is 2.23. The summed E-state index contributed by atoms with van der Waals surface area (Å²) in [4.78, 5) is 1.06. The standard InChI is InChI=1S/C14H22FNS/c1-5-9-17-13-8-6-7-12(15)11(13)10-16-14(2,3)4/h6-8,16H,5,9-10H2,1-4H3. The van der Waals surface area contributed by atoms with Crippen LogP contribution in [0.15, 0.2) is 23.1 Å². The van der Waals surface area contributed by atoms with Crippen molar-refractivity contribution in [3.8, 4) is 0 Å². The summed E-state index contributed by atoms with van der Waals surface area (Å²) < 4.78 is 13.8. The van der Waals surface area contributed by atoms with E-state index in [9.17, 15) is 4.39 Å². The molecule has 0 amide bonds. The van der Waals surface area contributed by atoms with Gasteiger partial charge in [0.25, 0.3) is 0 Å². The van der Waals surface area contributed by atoms with E-state index in [1.807, 2.05) is 6.07 Å². The Hall–Kier alpha value is -0.540. The molecular formula is C14H22FNS. The minimum Gasteiger partial charge on any atom is -0.308 e. The van der Waals surface area contributed by atoms with Crippen molar-refractivity contribution in [2.75, 3.05) is 5.75 Å². The Labute approximate surface area is 108 Å². The zero-order valence-electron chi connectivity index (χ0n) is 11.1. The first-order chi connectivity index (χ1) is 7.94. The zero-order valence-corrected chi connectivity index (χ0v) is 12.0. The summed E-state index contributed by atoms with van der Waals surface area (Å²) in [5.74, 6) is 0.925. The average molecular weight is 255 g/mol. The molecule has 0 aliphatic rings. The summed E-state index contributed by atoms with van der Waals surface area (Å²) in [5.41, 5.74) is 0.801. The van der Waals surface area contributed by atoms with Gasteiger partial charge >= 0.3 is 0 Å². The van der Waals surface area contributed by atoms with Gasteiger partial charge in [0, 0.05) is 22.5 Å². The van der Waals surface area contributed by atoms with E-state index in [4.69, 9.17) is 0 Å². The first-order valence-electron chi connectivity index (χ1n) is 6.09. The number of halogens is 1. The molecule has 0 aromatic heterocycles. The molecule has 0 aliphatic heterocycles. The van der Waals surface area contributed by atoms with Crippen molar-refractivity contribution < 1.29 is 4.39 Å².